The highest BCUT2D eigenvalue weighted by molar-refractivity contribution is 7.83. The molecule has 33 heavy (non-hydrogen) atoms. The van der Waals surface area contributed by atoms with Crippen LogP contribution >= 0.6 is 0 Å². The molecule has 0 amide bonds. The Hall–Kier alpha value is -2.38. The van der Waals surface area contributed by atoms with Crippen LogP contribution < -0.4 is 0 Å². The number of aromatic nitrogens is 1. The van der Waals surface area contributed by atoms with Crippen LogP contribution in [-0.4, -0.2) is 44.4 Å². The number of aromatic hydroxyl groups is 1. The first-order valence-electron chi connectivity index (χ1n) is 11.5. The first kappa shape index (κ1) is 28.7. The standard InChI is InChI=1S/C19H24N2O2S.C5H10O2.C2H6/c1-20(2)13-15-11-19(16-7-4-3-5-8-16)21(14-15)24(23)18-10-6-9-17(22)12-18;1-5(2,3)7-4-6;1-2/h6-7,9-12,14,22H,3-5,8,13H2,1-2H3;4H,1-3H3;1-2H3. The lowest BCUT2D eigenvalue weighted by Gasteiger charge is -2.15. The molecule has 7 heteroatoms. The van der Waals surface area contributed by atoms with Gasteiger partial charge in [0.2, 0.25) is 0 Å². The zero-order valence-electron chi connectivity index (χ0n) is 21.1. The van der Waals surface area contributed by atoms with Crippen molar-refractivity contribution in [2.24, 2.45) is 0 Å². The van der Waals surface area contributed by atoms with Crippen molar-refractivity contribution in [1.29, 1.82) is 0 Å². The van der Waals surface area contributed by atoms with Gasteiger partial charge >= 0.3 is 0 Å². The normalized spacial score (nSPS) is 14.2. The highest BCUT2D eigenvalue weighted by Gasteiger charge is 2.18. The van der Waals surface area contributed by atoms with E-state index in [0.29, 0.717) is 11.4 Å². The topological polar surface area (TPSA) is 71.8 Å². The molecule has 6 nitrogen and oxygen atoms in total. The van der Waals surface area contributed by atoms with Crippen molar-refractivity contribution >= 4 is 23.0 Å². The van der Waals surface area contributed by atoms with Gasteiger partial charge in [-0.2, -0.15) is 0 Å². The number of carbonyl (C=O) groups is 1. The van der Waals surface area contributed by atoms with Gasteiger partial charge in [0.25, 0.3) is 6.47 Å². The Kier molecular flexibility index (Phi) is 12.2. The van der Waals surface area contributed by atoms with E-state index in [1.165, 1.54) is 18.4 Å². The Labute approximate surface area is 201 Å². The third kappa shape index (κ3) is 9.96. The van der Waals surface area contributed by atoms with E-state index < -0.39 is 11.0 Å². The lowest BCUT2D eigenvalue weighted by molar-refractivity contribution is -0.138. The Balaban J connectivity index is 0.000000520. The number of benzene rings is 1. The maximum Gasteiger partial charge on any atom is 0.293 e. The largest absolute Gasteiger partial charge is 0.508 e. The molecule has 0 aliphatic heterocycles. The van der Waals surface area contributed by atoms with Crippen molar-refractivity contribution < 1.29 is 18.8 Å². The monoisotopic (exact) mass is 476 g/mol. The molecule has 3 rings (SSSR count). The molecule has 1 heterocycles. The molecule has 184 valence electrons. The van der Waals surface area contributed by atoms with E-state index in [2.05, 4.69) is 21.8 Å². The summed E-state index contributed by atoms with van der Waals surface area (Å²) in [6.45, 7) is 10.7. The molecule has 0 fully saturated rings. The van der Waals surface area contributed by atoms with Crippen molar-refractivity contribution in [3.05, 3.63) is 53.9 Å². The van der Waals surface area contributed by atoms with Crippen LogP contribution in [0.3, 0.4) is 0 Å². The predicted molar refractivity (Wildman–Crippen MR) is 136 cm³/mol. The fourth-order valence-electron chi connectivity index (χ4n) is 3.24. The molecule has 1 N–H and O–H groups in total. The second-order valence-electron chi connectivity index (χ2n) is 8.85. The molecule has 1 aromatic carbocycles. The second kappa shape index (κ2) is 14.0. The van der Waals surface area contributed by atoms with Gasteiger partial charge in [-0.25, -0.2) is 4.21 Å². The van der Waals surface area contributed by atoms with Gasteiger partial charge in [0.15, 0.2) is 11.0 Å². The quantitative estimate of drug-likeness (QED) is 0.536. The van der Waals surface area contributed by atoms with Gasteiger partial charge in [0.1, 0.15) is 11.4 Å². The highest BCUT2D eigenvalue weighted by atomic mass is 32.2. The van der Waals surface area contributed by atoms with Gasteiger partial charge in [-0.1, -0.05) is 26.0 Å². The summed E-state index contributed by atoms with van der Waals surface area (Å²) in [5.41, 5.74) is 3.14. The number of ether oxygens (including phenoxy) is 1. The van der Waals surface area contributed by atoms with E-state index in [1.807, 2.05) is 58.9 Å². The van der Waals surface area contributed by atoms with E-state index in [4.69, 9.17) is 0 Å². The van der Waals surface area contributed by atoms with Gasteiger partial charge in [-0.05, 0) is 96.0 Å². The number of phenols is 1. The fraction of sp³-hybridized carbons (Fsp3) is 0.500. The van der Waals surface area contributed by atoms with Crippen molar-refractivity contribution in [3.8, 4) is 5.75 Å². The second-order valence-corrected chi connectivity index (χ2v) is 10.2. The molecule has 1 aliphatic carbocycles. The summed E-state index contributed by atoms with van der Waals surface area (Å²) in [5, 5.41) is 9.69. The molecule has 0 radical (unpaired) electrons. The number of rotatable bonds is 6. The van der Waals surface area contributed by atoms with Gasteiger partial charge in [-0.3, -0.25) is 8.77 Å². The molecule has 0 saturated heterocycles. The van der Waals surface area contributed by atoms with Crippen LogP contribution in [0.2, 0.25) is 0 Å². The van der Waals surface area contributed by atoms with Crippen LogP contribution in [-0.2, 0) is 27.1 Å². The Morgan fingerprint density at radius 2 is 1.88 bits per heavy atom. The average Bonchev–Trinajstić information content (AvgIpc) is 3.18. The van der Waals surface area contributed by atoms with E-state index >= 15 is 0 Å². The van der Waals surface area contributed by atoms with Gasteiger partial charge in [0.05, 0.1) is 10.6 Å². The summed E-state index contributed by atoms with van der Waals surface area (Å²) in [6.07, 6.45) is 8.77. The summed E-state index contributed by atoms with van der Waals surface area (Å²) < 4.78 is 19.5. The molecular formula is C26H40N2O4S. The zero-order valence-corrected chi connectivity index (χ0v) is 21.9. The summed E-state index contributed by atoms with van der Waals surface area (Å²) in [7, 11) is 2.69. The van der Waals surface area contributed by atoms with Crippen LogP contribution in [0.25, 0.3) is 5.57 Å². The average molecular weight is 477 g/mol. The first-order chi connectivity index (χ1) is 15.6. The molecule has 1 unspecified atom stereocenters. The minimum Gasteiger partial charge on any atom is -0.508 e. The lowest BCUT2D eigenvalue weighted by Crippen LogP contribution is -2.17. The third-order valence-electron chi connectivity index (χ3n) is 4.56. The van der Waals surface area contributed by atoms with Crippen LogP contribution in [0.1, 0.15) is 71.6 Å². The van der Waals surface area contributed by atoms with Crippen LogP contribution in [0.5, 0.6) is 5.75 Å². The number of hydrogen-bond acceptors (Lipinski definition) is 5. The predicted octanol–water partition coefficient (Wildman–Crippen LogP) is 5.77. The van der Waals surface area contributed by atoms with Gasteiger partial charge in [-0.15, -0.1) is 0 Å². The summed E-state index contributed by atoms with van der Waals surface area (Å²) in [5.74, 6) is 0.139. The Morgan fingerprint density at radius 1 is 1.18 bits per heavy atom. The molecule has 1 aliphatic rings. The smallest absolute Gasteiger partial charge is 0.293 e. The minimum absolute atomic E-state index is 0.139. The van der Waals surface area contributed by atoms with E-state index in [1.54, 1.807) is 24.3 Å². The fourth-order valence-corrected chi connectivity index (χ4v) is 4.46. The Bertz CT molecular complexity index is 927. The van der Waals surface area contributed by atoms with E-state index in [-0.39, 0.29) is 11.4 Å². The highest BCUT2D eigenvalue weighted by Crippen LogP contribution is 2.30. The number of nitrogens with zero attached hydrogens (tertiary/aromatic N) is 2. The summed E-state index contributed by atoms with van der Waals surface area (Å²) in [4.78, 5) is 12.3. The summed E-state index contributed by atoms with van der Waals surface area (Å²) in [6, 6.07) is 8.84. The minimum atomic E-state index is -1.37. The summed E-state index contributed by atoms with van der Waals surface area (Å²) >= 11 is 0. The Morgan fingerprint density at radius 3 is 2.36 bits per heavy atom. The number of hydrogen-bond donors (Lipinski definition) is 1. The molecule has 0 bridgehead atoms. The van der Waals surface area contributed by atoms with E-state index in [0.717, 1.165) is 30.6 Å². The van der Waals surface area contributed by atoms with Crippen molar-refractivity contribution in [3.63, 3.8) is 0 Å². The maximum absolute atomic E-state index is 13.1. The molecule has 0 saturated carbocycles. The molecule has 1 aromatic heterocycles. The van der Waals surface area contributed by atoms with Gasteiger partial charge in [0, 0.05) is 12.7 Å². The van der Waals surface area contributed by atoms with Crippen molar-refractivity contribution in [2.75, 3.05) is 14.1 Å². The number of phenolic OH excluding ortho intramolecular Hbond substituents is 1. The van der Waals surface area contributed by atoms with E-state index in [9.17, 15) is 14.1 Å². The molecule has 0 spiro atoms. The zero-order chi connectivity index (χ0) is 25.0. The SMILES string of the molecule is CC.CC(C)(C)OC=O.CN(C)Cc1cc(C2=CCCCC2)n(S(=O)c2cccc(O)c2)c1. The van der Waals surface area contributed by atoms with Crippen LogP contribution in [0.4, 0.5) is 0 Å². The number of carbonyl (C=O) groups excluding carboxylic acids is 1. The third-order valence-corrected chi connectivity index (χ3v) is 5.88. The van der Waals surface area contributed by atoms with Crippen molar-refractivity contribution in [1.82, 2.24) is 8.87 Å². The maximum atomic E-state index is 13.1. The number of allylic oxidation sites excluding steroid dienone is 2. The van der Waals surface area contributed by atoms with Crippen LogP contribution in [0.15, 0.2) is 47.5 Å². The van der Waals surface area contributed by atoms with Crippen molar-refractivity contribution in [2.45, 2.75) is 77.3 Å². The lowest BCUT2D eigenvalue weighted by atomic mass is 9.97. The first-order valence-corrected chi connectivity index (χ1v) is 12.6. The molecular weight excluding hydrogens is 436 g/mol. The van der Waals surface area contributed by atoms with Gasteiger partial charge < -0.3 is 14.7 Å². The van der Waals surface area contributed by atoms with Crippen LogP contribution in [0, 0.1) is 0 Å². The molecule has 2 aromatic rings. The molecule has 1 atom stereocenters.